The van der Waals surface area contributed by atoms with Crippen molar-refractivity contribution >= 4 is 33.6 Å². The minimum absolute atomic E-state index is 0.0365. The van der Waals surface area contributed by atoms with Gasteiger partial charge in [-0.2, -0.15) is 0 Å². The molecule has 0 saturated heterocycles. The van der Waals surface area contributed by atoms with E-state index < -0.39 is 5.56 Å². The number of benzene rings is 3. The Balaban J connectivity index is 1.86. The van der Waals surface area contributed by atoms with E-state index in [2.05, 4.69) is 9.97 Å². The number of aromatic hydroxyl groups is 1. The third kappa shape index (κ3) is 2.93. The number of fused-ring (bicyclic) bond motifs is 2. The van der Waals surface area contributed by atoms with Crippen molar-refractivity contribution in [2.45, 2.75) is 13.8 Å². The summed E-state index contributed by atoms with van der Waals surface area (Å²) >= 11 is 0. The average molecular weight is 358 g/mol. The van der Waals surface area contributed by atoms with Gasteiger partial charge < -0.3 is 15.2 Å². The van der Waals surface area contributed by atoms with E-state index in [0.717, 1.165) is 16.5 Å². The van der Waals surface area contributed by atoms with E-state index in [4.69, 9.17) is 0 Å². The zero-order chi connectivity index (χ0) is 19.1. The summed E-state index contributed by atoms with van der Waals surface area (Å²) in [6, 6.07) is 14.5. The Bertz CT molecular complexity index is 1290. The van der Waals surface area contributed by atoms with Gasteiger partial charge in [-0.3, -0.25) is 4.79 Å². The fraction of sp³-hybridized carbons (Fsp3) is 0.0909. The van der Waals surface area contributed by atoms with Crippen molar-refractivity contribution in [3.8, 4) is 5.75 Å². The van der Waals surface area contributed by atoms with Crippen LogP contribution in [0.1, 0.15) is 22.4 Å². The van der Waals surface area contributed by atoms with Gasteiger partial charge in [0.15, 0.2) is 0 Å². The number of aryl methyl sites for hydroxylation is 2. The van der Waals surface area contributed by atoms with Crippen LogP contribution >= 0.6 is 0 Å². The number of aromatic nitrogens is 2. The van der Waals surface area contributed by atoms with E-state index in [9.17, 15) is 15.0 Å². The first kappa shape index (κ1) is 16.8. The number of aliphatic hydroxyl groups excluding tert-OH is 1. The van der Waals surface area contributed by atoms with Gasteiger partial charge >= 0.3 is 0 Å². The molecule has 5 heteroatoms. The predicted molar refractivity (Wildman–Crippen MR) is 108 cm³/mol. The highest BCUT2D eigenvalue weighted by Crippen LogP contribution is 2.32. The van der Waals surface area contributed by atoms with Crippen LogP contribution in [0.4, 0.5) is 0 Å². The van der Waals surface area contributed by atoms with Gasteiger partial charge in [-0.15, -0.1) is 0 Å². The molecule has 0 amide bonds. The second-order valence-electron chi connectivity index (χ2n) is 6.62. The standard InChI is InChI=1S/C22H18N2O3/c1-12-9-17-18(10-13(12)2)24-22(27)19(23-17)11-20(25)16-8-7-14-5-3-4-6-15(14)21(16)26/h3-11,25-26H,1-2H3,(H,24,27)/b20-11-. The molecule has 1 aromatic heterocycles. The number of phenols is 1. The molecule has 0 unspecified atom stereocenters. The Kier molecular flexibility index (Phi) is 3.92. The van der Waals surface area contributed by atoms with E-state index in [1.54, 1.807) is 18.2 Å². The summed E-state index contributed by atoms with van der Waals surface area (Å²) in [4.78, 5) is 19.5. The molecule has 0 fully saturated rings. The van der Waals surface area contributed by atoms with Crippen molar-refractivity contribution in [2.75, 3.05) is 0 Å². The number of hydrogen-bond acceptors (Lipinski definition) is 4. The molecule has 134 valence electrons. The number of H-pyrrole nitrogens is 1. The quantitative estimate of drug-likeness (QED) is 0.462. The van der Waals surface area contributed by atoms with Gasteiger partial charge in [0.1, 0.15) is 17.2 Å². The first-order chi connectivity index (χ1) is 12.9. The molecule has 0 bridgehead atoms. The van der Waals surface area contributed by atoms with Crippen LogP contribution in [0.25, 0.3) is 33.6 Å². The zero-order valence-corrected chi connectivity index (χ0v) is 14.9. The summed E-state index contributed by atoms with van der Waals surface area (Å²) in [6.07, 6.45) is 1.28. The maximum absolute atomic E-state index is 12.4. The summed E-state index contributed by atoms with van der Waals surface area (Å²) < 4.78 is 0. The third-order valence-corrected chi connectivity index (χ3v) is 4.78. The largest absolute Gasteiger partial charge is 0.507 e. The van der Waals surface area contributed by atoms with Gasteiger partial charge in [-0.1, -0.05) is 30.3 Å². The Morgan fingerprint density at radius 3 is 2.63 bits per heavy atom. The lowest BCUT2D eigenvalue weighted by Crippen LogP contribution is -2.12. The van der Waals surface area contributed by atoms with E-state index in [-0.39, 0.29) is 22.8 Å². The molecule has 0 spiro atoms. The van der Waals surface area contributed by atoms with E-state index in [1.165, 1.54) is 6.08 Å². The number of aliphatic hydroxyl groups is 1. The van der Waals surface area contributed by atoms with Gasteiger partial charge in [-0.05, 0) is 48.6 Å². The second kappa shape index (κ2) is 6.29. The number of phenolic OH excluding ortho intramolecular Hbond substituents is 1. The molecule has 0 saturated carbocycles. The van der Waals surface area contributed by atoms with Crippen molar-refractivity contribution in [3.05, 3.63) is 81.3 Å². The number of nitrogens with one attached hydrogen (secondary N) is 1. The average Bonchev–Trinajstić information content (AvgIpc) is 2.64. The van der Waals surface area contributed by atoms with E-state index in [1.807, 2.05) is 44.2 Å². The fourth-order valence-electron chi connectivity index (χ4n) is 3.13. The Morgan fingerprint density at radius 1 is 1.07 bits per heavy atom. The number of rotatable bonds is 2. The summed E-state index contributed by atoms with van der Waals surface area (Å²) in [5.74, 6) is -0.259. The SMILES string of the molecule is Cc1cc2nc(/C=C(\O)c3ccc4ccccc4c3O)c(=O)[nH]c2cc1C. The molecule has 3 aromatic carbocycles. The van der Waals surface area contributed by atoms with Crippen molar-refractivity contribution in [1.29, 1.82) is 0 Å². The van der Waals surface area contributed by atoms with Gasteiger partial charge in [0.05, 0.1) is 16.6 Å². The molecule has 5 nitrogen and oxygen atoms in total. The van der Waals surface area contributed by atoms with Crippen molar-refractivity contribution in [3.63, 3.8) is 0 Å². The van der Waals surface area contributed by atoms with Crippen molar-refractivity contribution in [2.24, 2.45) is 0 Å². The Labute approximate surface area is 155 Å². The van der Waals surface area contributed by atoms with Crippen LogP contribution in [0.3, 0.4) is 0 Å². The Morgan fingerprint density at radius 2 is 1.81 bits per heavy atom. The smallest absolute Gasteiger partial charge is 0.274 e. The monoisotopic (exact) mass is 358 g/mol. The summed E-state index contributed by atoms with van der Waals surface area (Å²) in [5.41, 5.74) is 3.33. The molecule has 0 radical (unpaired) electrons. The maximum Gasteiger partial charge on any atom is 0.274 e. The molecule has 4 rings (SSSR count). The van der Waals surface area contributed by atoms with Gasteiger partial charge in [-0.25, -0.2) is 4.98 Å². The maximum atomic E-state index is 12.4. The fourth-order valence-corrected chi connectivity index (χ4v) is 3.13. The first-order valence-corrected chi connectivity index (χ1v) is 8.57. The molecular formula is C22H18N2O3. The molecule has 0 aliphatic carbocycles. The molecule has 0 aliphatic rings. The van der Waals surface area contributed by atoms with Crippen LogP contribution < -0.4 is 5.56 Å². The van der Waals surface area contributed by atoms with Crippen LogP contribution in [0.15, 0.2) is 53.3 Å². The molecule has 4 aromatic rings. The number of aromatic amines is 1. The highest BCUT2D eigenvalue weighted by atomic mass is 16.3. The lowest BCUT2D eigenvalue weighted by atomic mass is 10.0. The lowest BCUT2D eigenvalue weighted by molar-refractivity contribution is 0.466. The highest BCUT2D eigenvalue weighted by molar-refractivity contribution is 5.94. The molecule has 0 atom stereocenters. The minimum Gasteiger partial charge on any atom is -0.507 e. The highest BCUT2D eigenvalue weighted by Gasteiger charge is 2.12. The van der Waals surface area contributed by atoms with E-state index in [0.29, 0.717) is 16.4 Å². The molecule has 1 heterocycles. The molecule has 0 aliphatic heterocycles. The summed E-state index contributed by atoms with van der Waals surface area (Å²) in [6.45, 7) is 3.94. The normalized spacial score (nSPS) is 12.0. The molecule has 27 heavy (non-hydrogen) atoms. The van der Waals surface area contributed by atoms with E-state index >= 15 is 0 Å². The lowest BCUT2D eigenvalue weighted by Gasteiger charge is -2.08. The van der Waals surface area contributed by atoms with Crippen LogP contribution in [0.2, 0.25) is 0 Å². The van der Waals surface area contributed by atoms with Gasteiger partial charge in [0.25, 0.3) is 5.56 Å². The first-order valence-electron chi connectivity index (χ1n) is 8.57. The topological polar surface area (TPSA) is 86.2 Å². The number of hydrogen-bond donors (Lipinski definition) is 3. The van der Waals surface area contributed by atoms with Crippen LogP contribution in [-0.2, 0) is 0 Å². The van der Waals surface area contributed by atoms with Crippen molar-refractivity contribution < 1.29 is 10.2 Å². The summed E-state index contributed by atoms with van der Waals surface area (Å²) in [5, 5.41) is 22.5. The van der Waals surface area contributed by atoms with Gasteiger partial charge in [0, 0.05) is 11.5 Å². The van der Waals surface area contributed by atoms with Gasteiger partial charge in [0.2, 0.25) is 0 Å². The predicted octanol–water partition coefficient (Wildman–Crippen LogP) is 4.45. The minimum atomic E-state index is -0.405. The molecule has 3 N–H and O–H groups in total. The summed E-state index contributed by atoms with van der Waals surface area (Å²) in [7, 11) is 0. The Hall–Kier alpha value is -3.60. The van der Waals surface area contributed by atoms with Crippen LogP contribution in [0.5, 0.6) is 5.75 Å². The third-order valence-electron chi connectivity index (χ3n) is 4.78. The molecular weight excluding hydrogens is 340 g/mol. The zero-order valence-electron chi connectivity index (χ0n) is 14.9. The van der Waals surface area contributed by atoms with Crippen LogP contribution in [0, 0.1) is 13.8 Å². The second-order valence-corrected chi connectivity index (χ2v) is 6.62. The van der Waals surface area contributed by atoms with Crippen molar-refractivity contribution in [1.82, 2.24) is 9.97 Å². The van der Waals surface area contributed by atoms with Crippen LogP contribution in [-0.4, -0.2) is 20.2 Å². The number of nitrogens with zero attached hydrogens (tertiary/aromatic N) is 1.